The van der Waals surface area contributed by atoms with Gasteiger partial charge >= 0.3 is 0 Å². The van der Waals surface area contributed by atoms with Crippen LogP contribution in [0.25, 0.3) is 0 Å². The molecule has 0 heterocycles. The summed E-state index contributed by atoms with van der Waals surface area (Å²) in [6.45, 7) is 4.13. The van der Waals surface area contributed by atoms with Gasteiger partial charge in [-0.3, -0.25) is 4.79 Å². The lowest BCUT2D eigenvalue weighted by atomic mass is 10.2. The van der Waals surface area contributed by atoms with Crippen LogP contribution in [-0.4, -0.2) is 5.78 Å². The number of carbonyl (C=O) groups excluding carboxylic acids is 1. The Labute approximate surface area is 63.1 Å². The zero-order valence-electron chi connectivity index (χ0n) is 6.89. The molecule has 0 aliphatic heterocycles. The molecule has 1 heteroatoms. The number of rotatable bonds is 5. The highest BCUT2D eigenvalue weighted by Gasteiger charge is 1.92. The van der Waals surface area contributed by atoms with E-state index in [1.807, 2.05) is 13.0 Å². The van der Waals surface area contributed by atoms with Crippen molar-refractivity contribution < 1.29 is 4.79 Å². The number of allylic oxidation sites excluding steroid dienone is 2. The summed E-state index contributed by atoms with van der Waals surface area (Å²) in [6, 6.07) is 0. The first kappa shape index (κ1) is 9.41. The van der Waals surface area contributed by atoms with E-state index in [0.29, 0.717) is 6.42 Å². The molecule has 0 atom stereocenters. The number of hydrogen-bond donors (Lipinski definition) is 0. The van der Waals surface area contributed by atoms with Crippen LogP contribution in [-0.2, 0) is 4.79 Å². The third kappa shape index (κ3) is 5.54. The molecule has 58 valence electrons. The van der Waals surface area contributed by atoms with Gasteiger partial charge in [-0.1, -0.05) is 26.3 Å². The second kappa shape index (κ2) is 6.53. The van der Waals surface area contributed by atoms with Crippen LogP contribution in [0.2, 0.25) is 0 Å². The molecule has 0 unspecified atom stereocenters. The number of carbonyl (C=O) groups is 1. The van der Waals surface area contributed by atoms with Crippen molar-refractivity contribution in [2.75, 3.05) is 0 Å². The molecule has 0 amide bonds. The monoisotopic (exact) mass is 140 g/mol. The van der Waals surface area contributed by atoms with Crippen molar-refractivity contribution in [1.29, 1.82) is 0 Å². The molecule has 0 spiro atoms. The highest BCUT2D eigenvalue weighted by atomic mass is 16.1. The maximum atomic E-state index is 10.9. The number of unbranched alkanes of at least 4 members (excludes halogenated alkanes) is 1. The van der Waals surface area contributed by atoms with Crippen LogP contribution in [0, 0.1) is 0 Å². The van der Waals surface area contributed by atoms with Gasteiger partial charge in [-0.2, -0.15) is 0 Å². The first-order valence-corrected chi connectivity index (χ1v) is 4.00. The quantitative estimate of drug-likeness (QED) is 0.536. The molecule has 0 aromatic heterocycles. The summed E-state index contributed by atoms with van der Waals surface area (Å²) in [5.41, 5.74) is 0. The predicted molar refractivity (Wildman–Crippen MR) is 44.0 cm³/mol. The van der Waals surface area contributed by atoms with Gasteiger partial charge in [0.2, 0.25) is 0 Å². The molecule has 0 N–H and O–H groups in total. The van der Waals surface area contributed by atoms with E-state index < -0.39 is 0 Å². The molecule has 0 fully saturated rings. The van der Waals surface area contributed by atoms with E-state index in [1.165, 1.54) is 0 Å². The molecule has 0 aromatic carbocycles. The molecule has 1 nitrogen and oxygen atoms in total. The molecular formula is C9H16O. The lowest BCUT2D eigenvalue weighted by Gasteiger charge is -1.89. The fraction of sp³-hybridized carbons (Fsp3) is 0.667. The largest absolute Gasteiger partial charge is 0.295 e. The Balaban J connectivity index is 3.34. The molecule has 0 aromatic rings. The highest BCUT2D eigenvalue weighted by Crippen LogP contribution is 1.96. The maximum absolute atomic E-state index is 10.9. The van der Waals surface area contributed by atoms with Crippen LogP contribution in [0.15, 0.2) is 12.2 Å². The maximum Gasteiger partial charge on any atom is 0.155 e. The molecule has 0 aliphatic carbocycles. The molecule has 10 heavy (non-hydrogen) atoms. The molecule has 0 saturated carbocycles. The molecular weight excluding hydrogens is 124 g/mol. The second-order valence-electron chi connectivity index (χ2n) is 2.38. The fourth-order valence-electron chi connectivity index (χ4n) is 0.684. The van der Waals surface area contributed by atoms with Gasteiger partial charge in [-0.25, -0.2) is 0 Å². The van der Waals surface area contributed by atoms with E-state index >= 15 is 0 Å². The van der Waals surface area contributed by atoms with Gasteiger partial charge in [0.1, 0.15) is 0 Å². The lowest BCUT2D eigenvalue weighted by Crippen LogP contribution is -1.90. The molecule has 0 rings (SSSR count). The van der Waals surface area contributed by atoms with Crippen LogP contribution >= 0.6 is 0 Å². The second-order valence-corrected chi connectivity index (χ2v) is 2.38. The van der Waals surface area contributed by atoms with Crippen LogP contribution in [0.1, 0.15) is 39.5 Å². The third-order valence-electron chi connectivity index (χ3n) is 1.32. The summed E-state index contributed by atoms with van der Waals surface area (Å²) in [7, 11) is 0. The Hall–Kier alpha value is -0.590. The van der Waals surface area contributed by atoms with Gasteiger partial charge in [0.05, 0.1) is 0 Å². The standard InChI is InChI=1S/C9H16O/c1-3-5-7-9(10)8-6-4-2/h5,7H,3-4,6,8H2,1-2H3/b7-5+. The summed E-state index contributed by atoms with van der Waals surface area (Å²) in [5, 5.41) is 0. The topological polar surface area (TPSA) is 17.1 Å². The molecule has 0 aliphatic rings. The van der Waals surface area contributed by atoms with E-state index in [-0.39, 0.29) is 5.78 Å². The fourth-order valence-corrected chi connectivity index (χ4v) is 0.684. The van der Waals surface area contributed by atoms with Crippen molar-refractivity contribution in [3.63, 3.8) is 0 Å². The van der Waals surface area contributed by atoms with Gasteiger partial charge in [0, 0.05) is 6.42 Å². The van der Waals surface area contributed by atoms with Gasteiger partial charge < -0.3 is 0 Å². The van der Waals surface area contributed by atoms with Crippen LogP contribution in [0.4, 0.5) is 0 Å². The van der Waals surface area contributed by atoms with Crippen molar-refractivity contribution in [3.8, 4) is 0 Å². The van der Waals surface area contributed by atoms with Gasteiger partial charge in [0.15, 0.2) is 5.78 Å². The van der Waals surface area contributed by atoms with Crippen molar-refractivity contribution in [2.45, 2.75) is 39.5 Å². The van der Waals surface area contributed by atoms with E-state index in [9.17, 15) is 4.79 Å². The average molecular weight is 140 g/mol. The van der Waals surface area contributed by atoms with Crippen molar-refractivity contribution >= 4 is 5.78 Å². The SMILES string of the molecule is CC/C=C/C(=O)CCCC. The zero-order valence-corrected chi connectivity index (χ0v) is 6.89. The minimum absolute atomic E-state index is 0.267. The Morgan fingerprint density at radius 2 is 2.10 bits per heavy atom. The number of ketones is 1. The minimum atomic E-state index is 0.267. The molecule has 0 radical (unpaired) electrons. The molecule has 0 bridgehead atoms. The predicted octanol–water partition coefficient (Wildman–Crippen LogP) is 2.71. The van der Waals surface area contributed by atoms with E-state index in [0.717, 1.165) is 19.3 Å². The first-order valence-electron chi connectivity index (χ1n) is 4.00. The van der Waals surface area contributed by atoms with Gasteiger partial charge in [-0.15, -0.1) is 0 Å². The number of hydrogen-bond acceptors (Lipinski definition) is 1. The van der Waals surface area contributed by atoms with Crippen molar-refractivity contribution in [1.82, 2.24) is 0 Å². The average Bonchev–Trinajstić information content (AvgIpc) is 1.97. The van der Waals surface area contributed by atoms with Crippen molar-refractivity contribution in [2.24, 2.45) is 0 Å². The summed E-state index contributed by atoms with van der Waals surface area (Å²) in [4.78, 5) is 10.9. The lowest BCUT2D eigenvalue weighted by molar-refractivity contribution is -0.114. The minimum Gasteiger partial charge on any atom is -0.295 e. The van der Waals surface area contributed by atoms with E-state index in [1.54, 1.807) is 6.08 Å². The highest BCUT2D eigenvalue weighted by molar-refractivity contribution is 5.89. The Morgan fingerprint density at radius 1 is 1.40 bits per heavy atom. The summed E-state index contributed by atoms with van der Waals surface area (Å²) < 4.78 is 0. The van der Waals surface area contributed by atoms with Crippen LogP contribution in [0.5, 0.6) is 0 Å². The summed E-state index contributed by atoms with van der Waals surface area (Å²) in [5.74, 6) is 0.267. The molecule has 0 saturated heterocycles. The van der Waals surface area contributed by atoms with E-state index in [4.69, 9.17) is 0 Å². The van der Waals surface area contributed by atoms with Crippen LogP contribution in [0.3, 0.4) is 0 Å². The first-order chi connectivity index (χ1) is 4.81. The summed E-state index contributed by atoms with van der Waals surface area (Å²) in [6.07, 6.45) is 7.40. The Kier molecular flexibility index (Phi) is 6.14. The van der Waals surface area contributed by atoms with Gasteiger partial charge in [0.25, 0.3) is 0 Å². The smallest absolute Gasteiger partial charge is 0.155 e. The van der Waals surface area contributed by atoms with Crippen molar-refractivity contribution in [3.05, 3.63) is 12.2 Å². The van der Waals surface area contributed by atoms with Gasteiger partial charge in [-0.05, 0) is 18.9 Å². The zero-order chi connectivity index (χ0) is 7.82. The van der Waals surface area contributed by atoms with Crippen LogP contribution < -0.4 is 0 Å². The Morgan fingerprint density at radius 3 is 2.60 bits per heavy atom. The normalized spacial score (nSPS) is 10.6. The third-order valence-corrected chi connectivity index (χ3v) is 1.32. The Bertz CT molecular complexity index is 114. The van der Waals surface area contributed by atoms with E-state index in [2.05, 4.69) is 6.92 Å². The summed E-state index contributed by atoms with van der Waals surface area (Å²) >= 11 is 0.